The fourth-order valence-electron chi connectivity index (χ4n) is 3.84. The van der Waals surface area contributed by atoms with E-state index in [-0.39, 0.29) is 18.1 Å². The number of alkyl halides is 3. The van der Waals surface area contributed by atoms with Gasteiger partial charge in [-0.05, 0) is 35.4 Å². The molecular weight excluding hydrogens is 435 g/mol. The quantitative estimate of drug-likeness (QED) is 0.558. The lowest BCUT2D eigenvalue weighted by molar-refractivity contribution is -0.274. The second kappa shape index (κ2) is 9.48. The van der Waals surface area contributed by atoms with E-state index in [1.807, 2.05) is 24.3 Å². The van der Waals surface area contributed by atoms with Crippen molar-refractivity contribution in [2.24, 2.45) is 0 Å². The molecule has 0 N–H and O–H groups in total. The van der Waals surface area contributed by atoms with Gasteiger partial charge in [0.15, 0.2) is 0 Å². The third-order valence-corrected chi connectivity index (χ3v) is 5.46. The molecule has 0 bridgehead atoms. The fourth-order valence-corrected chi connectivity index (χ4v) is 3.84. The van der Waals surface area contributed by atoms with Crippen LogP contribution < -0.4 is 9.47 Å². The average Bonchev–Trinajstić information content (AvgIpc) is 2.79. The van der Waals surface area contributed by atoms with E-state index in [4.69, 9.17) is 4.74 Å². The Balaban J connectivity index is 1.47. The molecule has 0 saturated heterocycles. The normalized spacial score (nSPS) is 13.4. The van der Waals surface area contributed by atoms with Crippen molar-refractivity contribution in [3.63, 3.8) is 0 Å². The van der Waals surface area contributed by atoms with Crippen LogP contribution in [0.15, 0.2) is 54.9 Å². The van der Waals surface area contributed by atoms with Gasteiger partial charge in [-0.25, -0.2) is 9.97 Å². The predicted octanol–water partition coefficient (Wildman–Crippen LogP) is 4.10. The van der Waals surface area contributed by atoms with Gasteiger partial charge in [0.05, 0.1) is 24.9 Å². The topological polar surface area (TPSA) is 64.5 Å². The van der Waals surface area contributed by atoms with Crippen molar-refractivity contribution >= 4 is 5.91 Å². The average molecular weight is 457 g/mol. The van der Waals surface area contributed by atoms with Gasteiger partial charge < -0.3 is 14.4 Å². The lowest BCUT2D eigenvalue weighted by Crippen LogP contribution is -2.38. The van der Waals surface area contributed by atoms with Crippen molar-refractivity contribution in [1.82, 2.24) is 14.9 Å². The van der Waals surface area contributed by atoms with E-state index >= 15 is 0 Å². The standard InChI is InChI=1S/C24H22F3N3O3/c1-32-19-4-2-3-17(11-19)13-23(31)30-10-9-21-20(14-30)22(29-15-28-21)12-16-5-7-18(8-6-16)33-24(25,26)27/h2-8,11,15H,9-10,12-14H2,1H3. The van der Waals surface area contributed by atoms with Crippen LogP contribution in [0, 0.1) is 0 Å². The van der Waals surface area contributed by atoms with E-state index < -0.39 is 6.36 Å². The molecule has 1 amide bonds. The number of benzene rings is 2. The summed E-state index contributed by atoms with van der Waals surface area (Å²) in [6.07, 6.45) is -1.95. The van der Waals surface area contributed by atoms with E-state index in [1.165, 1.54) is 18.5 Å². The third kappa shape index (κ3) is 5.79. The summed E-state index contributed by atoms with van der Waals surface area (Å²) >= 11 is 0. The van der Waals surface area contributed by atoms with Crippen LogP contribution in [0.1, 0.15) is 28.1 Å². The van der Waals surface area contributed by atoms with E-state index in [9.17, 15) is 18.0 Å². The number of ether oxygens (including phenoxy) is 2. The number of amides is 1. The summed E-state index contributed by atoms with van der Waals surface area (Å²) in [5.41, 5.74) is 4.19. The fraction of sp³-hybridized carbons (Fsp3) is 0.292. The first-order valence-electron chi connectivity index (χ1n) is 10.4. The number of carbonyl (C=O) groups excluding carboxylic acids is 1. The molecule has 2 heterocycles. The first-order valence-corrected chi connectivity index (χ1v) is 10.4. The Morgan fingerprint density at radius 2 is 1.85 bits per heavy atom. The van der Waals surface area contributed by atoms with Gasteiger partial charge in [-0.15, -0.1) is 13.2 Å². The molecule has 1 aromatic heterocycles. The van der Waals surface area contributed by atoms with Crippen molar-refractivity contribution in [2.45, 2.75) is 32.2 Å². The zero-order valence-corrected chi connectivity index (χ0v) is 17.9. The number of fused-ring (bicyclic) bond motifs is 1. The molecule has 0 radical (unpaired) electrons. The monoisotopic (exact) mass is 457 g/mol. The van der Waals surface area contributed by atoms with Crippen LogP contribution in [0.2, 0.25) is 0 Å². The molecule has 172 valence electrons. The number of methoxy groups -OCH3 is 1. The van der Waals surface area contributed by atoms with E-state index in [2.05, 4.69) is 14.7 Å². The van der Waals surface area contributed by atoms with Crippen LogP contribution in [0.4, 0.5) is 13.2 Å². The number of carbonyl (C=O) groups is 1. The lowest BCUT2D eigenvalue weighted by Gasteiger charge is -2.29. The van der Waals surface area contributed by atoms with Crippen molar-refractivity contribution in [3.05, 3.63) is 82.9 Å². The van der Waals surface area contributed by atoms with Crippen molar-refractivity contribution in [2.75, 3.05) is 13.7 Å². The molecule has 33 heavy (non-hydrogen) atoms. The molecule has 0 aliphatic carbocycles. The first-order chi connectivity index (χ1) is 15.8. The first kappa shape index (κ1) is 22.6. The number of hydrogen-bond acceptors (Lipinski definition) is 5. The Morgan fingerprint density at radius 3 is 2.58 bits per heavy atom. The second-order valence-corrected chi connectivity index (χ2v) is 7.71. The molecular formula is C24H22F3N3O3. The van der Waals surface area contributed by atoms with E-state index in [1.54, 1.807) is 24.1 Å². The van der Waals surface area contributed by atoms with Crippen molar-refractivity contribution in [1.29, 1.82) is 0 Å². The molecule has 1 aliphatic heterocycles. The van der Waals surface area contributed by atoms with Crippen LogP contribution in [-0.4, -0.2) is 40.8 Å². The third-order valence-electron chi connectivity index (χ3n) is 5.46. The number of hydrogen-bond donors (Lipinski definition) is 0. The molecule has 0 atom stereocenters. The van der Waals surface area contributed by atoms with Gasteiger partial charge in [0.1, 0.15) is 17.8 Å². The van der Waals surface area contributed by atoms with Gasteiger partial charge in [-0.2, -0.15) is 0 Å². The summed E-state index contributed by atoms with van der Waals surface area (Å²) in [5.74, 6) is 0.425. The van der Waals surface area contributed by atoms with Crippen LogP contribution in [0.25, 0.3) is 0 Å². The highest BCUT2D eigenvalue weighted by atomic mass is 19.4. The maximum absolute atomic E-state index is 12.9. The van der Waals surface area contributed by atoms with Gasteiger partial charge in [0.2, 0.25) is 5.91 Å². The summed E-state index contributed by atoms with van der Waals surface area (Å²) < 4.78 is 46.3. The number of nitrogens with zero attached hydrogens (tertiary/aromatic N) is 3. The predicted molar refractivity (Wildman–Crippen MR) is 114 cm³/mol. The summed E-state index contributed by atoms with van der Waals surface area (Å²) in [6, 6.07) is 13.1. The van der Waals surface area contributed by atoms with Gasteiger partial charge >= 0.3 is 6.36 Å². The van der Waals surface area contributed by atoms with Gasteiger partial charge in [-0.1, -0.05) is 24.3 Å². The molecule has 4 rings (SSSR count). The summed E-state index contributed by atoms with van der Waals surface area (Å²) in [7, 11) is 1.58. The Bertz CT molecular complexity index is 1130. The molecule has 0 saturated carbocycles. The molecule has 6 nitrogen and oxygen atoms in total. The molecule has 1 aliphatic rings. The maximum atomic E-state index is 12.9. The molecule has 0 fully saturated rings. The Hall–Kier alpha value is -3.62. The Kier molecular flexibility index (Phi) is 6.48. The van der Waals surface area contributed by atoms with Crippen LogP contribution in [0.3, 0.4) is 0 Å². The SMILES string of the molecule is COc1cccc(CC(=O)N2CCc3ncnc(Cc4ccc(OC(F)(F)F)cc4)c3C2)c1. The molecule has 0 unspecified atom stereocenters. The summed E-state index contributed by atoms with van der Waals surface area (Å²) in [5, 5.41) is 0. The number of rotatable bonds is 6. The van der Waals surface area contributed by atoms with Gasteiger partial charge in [0, 0.05) is 31.5 Å². The Labute approximate surface area is 189 Å². The van der Waals surface area contributed by atoms with Crippen LogP contribution in [-0.2, 0) is 30.6 Å². The lowest BCUT2D eigenvalue weighted by atomic mass is 9.99. The minimum absolute atomic E-state index is 0.00245. The smallest absolute Gasteiger partial charge is 0.497 e. The molecule has 0 spiro atoms. The van der Waals surface area contributed by atoms with Crippen LogP contribution >= 0.6 is 0 Å². The van der Waals surface area contributed by atoms with E-state index in [0.29, 0.717) is 31.7 Å². The summed E-state index contributed by atoms with van der Waals surface area (Å²) in [4.78, 5) is 23.5. The zero-order valence-electron chi connectivity index (χ0n) is 17.9. The minimum atomic E-state index is -4.73. The van der Waals surface area contributed by atoms with Crippen molar-refractivity contribution < 1.29 is 27.4 Å². The second-order valence-electron chi connectivity index (χ2n) is 7.71. The van der Waals surface area contributed by atoms with Gasteiger partial charge in [0.25, 0.3) is 0 Å². The van der Waals surface area contributed by atoms with Crippen LogP contribution in [0.5, 0.6) is 11.5 Å². The Morgan fingerprint density at radius 1 is 1.06 bits per heavy atom. The van der Waals surface area contributed by atoms with E-state index in [0.717, 1.165) is 28.1 Å². The largest absolute Gasteiger partial charge is 0.573 e. The minimum Gasteiger partial charge on any atom is -0.497 e. The summed E-state index contributed by atoms with van der Waals surface area (Å²) in [6.45, 7) is 0.958. The number of halogens is 3. The van der Waals surface area contributed by atoms with Crippen molar-refractivity contribution in [3.8, 4) is 11.5 Å². The zero-order chi connectivity index (χ0) is 23.4. The number of aromatic nitrogens is 2. The molecule has 2 aromatic carbocycles. The van der Waals surface area contributed by atoms with Gasteiger partial charge in [-0.3, -0.25) is 4.79 Å². The highest BCUT2D eigenvalue weighted by molar-refractivity contribution is 5.79. The maximum Gasteiger partial charge on any atom is 0.573 e. The highest BCUT2D eigenvalue weighted by Crippen LogP contribution is 2.26. The highest BCUT2D eigenvalue weighted by Gasteiger charge is 2.31. The molecule has 9 heteroatoms. The molecule has 3 aromatic rings.